The number of para-hydroxylation sites is 1. The van der Waals surface area contributed by atoms with Crippen molar-refractivity contribution in [2.45, 2.75) is 44.3 Å². The Morgan fingerprint density at radius 1 is 1.26 bits per heavy atom. The van der Waals surface area contributed by atoms with Gasteiger partial charge in [-0.2, -0.15) is 0 Å². The Balaban J connectivity index is 1.84. The second-order valence-electron chi connectivity index (χ2n) is 7.65. The van der Waals surface area contributed by atoms with E-state index in [1.165, 1.54) is 11.8 Å². The van der Waals surface area contributed by atoms with Crippen LogP contribution in [0.2, 0.25) is 0 Å². The van der Waals surface area contributed by atoms with Crippen molar-refractivity contribution in [1.82, 2.24) is 20.5 Å². The molecule has 1 aromatic heterocycles. The van der Waals surface area contributed by atoms with Crippen molar-refractivity contribution in [1.29, 1.82) is 0 Å². The lowest BCUT2D eigenvalue weighted by molar-refractivity contribution is -0.149. The number of aliphatic carboxylic acids is 1. The molecular formula is C21H27N5O5. The van der Waals surface area contributed by atoms with E-state index in [9.17, 15) is 24.3 Å². The van der Waals surface area contributed by atoms with Crippen molar-refractivity contribution < 1.29 is 24.3 Å². The second kappa shape index (κ2) is 9.61. The summed E-state index contributed by atoms with van der Waals surface area (Å²) in [4.78, 5) is 53.5. The third-order valence-electron chi connectivity index (χ3n) is 5.49. The van der Waals surface area contributed by atoms with Crippen LogP contribution in [0.1, 0.15) is 25.3 Å². The Hall–Kier alpha value is -3.40. The molecule has 10 nitrogen and oxygen atoms in total. The average Bonchev–Trinajstić information content (AvgIpc) is 3.40. The molecule has 0 saturated carbocycles. The van der Waals surface area contributed by atoms with E-state index in [1.54, 1.807) is 6.20 Å². The molecule has 0 radical (unpaired) electrons. The largest absolute Gasteiger partial charge is 0.480 e. The lowest BCUT2D eigenvalue weighted by Gasteiger charge is -2.28. The van der Waals surface area contributed by atoms with Crippen LogP contribution in [0.4, 0.5) is 0 Å². The first-order valence-electron chi connectivity index (χ1n) is 10.2. The van der Waals surface area contributed by atoms with Gasteiger partial charge in [0.15, 0.2) is 0 Å². The summed E-state index contributed by atoms with van der Waals surface area (Å²) in [5.41, 5.74) is 6.99. The number of H-pyrrole nitrogens is 1. The molecule has 10 heteroatoms. The van der Waals surface area contributed by atoms with Gasteiger partial charge in [-0.25, -0.2) is 4.79 Å². The highest BCUT2D eigenvalue weighted by Crippen LogP contribution is 2.22. The molecule has 3 unspecified atom stereocenters. The first kappa shape index (κ1) is 22.3. The van der Waals surface area contributed by atoms with Crippen molar-refractivity contribution >= 4 is 34.6 Å². The molecule has 1 aliphatic rings. The van der Waals surface area contributed by atoms with Crippen LogP contribution in [-0.2, 0) is 25.6 Å². The molecule has 1 aliphatic heterocycles. The van der Waals surface area contributed by atoms with Crippen molar-refractivity contribution in [2.24, 2.45) is 5.73 Å². The Bertz CT molecular complexity index is 987. The lowest BCUT2D eigenvalue weighted by atomic mass is 10.0. The third kappa shape index (κ3) is 5.02. The highest BCUT2D eigenvalue weighted by molar-refractivity contribution is 5.94. The summed E-state index contributed by atoms with van der Waals surface area (Å²) < 4.78 is 0. The molecule has 3 amide bonds. The highest BCUT2D eigenvalue weighted by atomic mass is 16.4. The van der Waals surface area contributed by atoms with E-state index < -0.39 is 41.8 Å². The van der Waals surface area contributed by atoms with E-state index in [0.717, 1.165) is 16.5 Å². The summed E-state index contributed by atoms with van der Waals surface area (Å²) in [6.45, 7) is 1.55. The van der Waals surface area contributed by atoms with Crippen molar-refractivity contribution in [3.63, 3.8) is 0 Å². The van der Waals surface area contributed by atoms with Crippen LogP contribution in [0.5, 0.6) is 0 Å². The summed E-state index contributed by atoms with van der Waals surface area (Å²) in [5.74, 6) is -2.56. The number of nitrogens with zero attached hydrogens (tertiary/aromatic N) is 1. The van der Waals surface area contributed by atoms with Gasteiger partial charge in [0.05, 0.1) is 6.54 Å². The Morgan fingerprint density at radius 3 is 2.71 bits per heavy atom. The number of benzene rings is 1. The number of amides is 3. The van der Waals surface area contributed by atoms with Gasteiger partial charge in [0.1, 0.15) is 18.1 Å². The van der Waals surface area contributed by atoms with E-state index in [-0.39, 0.29) is 13.0 Å². The number of likely N-dealkylation sites (tertiary alicyclic amines) is 1. The van der Waals surface area contributed by atoms with Crippen molar-refractivity contribution in [3.8, 4) is 0 Å². The van der Waals surface area contributed by atoms with E-state index in [4.69, 9.17) is 5.73 Å². The minimum absolute atomic E-state index is 0.176. The number of nitrogens with one attached hydrogen (secondary N) is 3. The number of aromatic amines is 1. The molecule has 2 heterocycles. The van der Waals surface area contributed by atoms with Crippen molar-refractivity contribution in [3.05, 3.63) is 36.0 Å². The molecule has 0 bridgehead atoms. The standard InChI is InChI=1S/C21H27N5O5/c1-12(24-18(27)10-22)19(28)25-16(20(29)26-8-4-7-17(26)21(30)31)9-13-11-23-15-6-3-2-5-14(13)15/h2-3,5-6,11-12,16-17,23H,4,7-10,22H2,1H3,(H,24,27)(H,25,28)(H,30,31). The van der Waals surface area contributed by atoms with Crippen LogP contribution >= 0.6 is 0 Å². The number of hydrogen-bond donors (Lipinski definition) is 5. The summed E-state index contributed by atoms with van der Waals surface area (Å²) in [6, 6.07) is 4.78. The smallest absolute Gasteiger partial charge is 0.326 e. The van der Waals surface area contributed by atoms with Crippen LogP contribution in [0.3, 0.4) is 0 Å². The number of carboxylic acids is 1. The SMILES string of the molecule is CC(NC(=O)CN)C(=O)NC(Cc1c[nH]c2ccccc12)C(=O)N1CCCC1C(=O)O. The normalized spacial score (nSPS) is 17.9. The van der Waals surface area contributed by atoms with Gasteiger partial charge in [-0.1, -0.05) is 18.2 Å². The van der Waals surface area contributed by atoms with Gasteiger partial charge in [-0.3, -0.25) is 14.4 Å². The monoisotopic (exact) mass is 429 g/mol. The zero-order valence-corrected chi connectivity index (χ0v) is 17.3. The minimum Gasteiger partial charge on any atom is -0.480 e. The van der Waals surface area contributed by atoms with Crippen LogP contribution in [0.25, 0.3) is 10.9 Å². The van der Waals surface area contributed by atoms with Crippen LogP contribution in [-0.4, -0.2) is 69.9 Å². The molecule has 3 atom stereocenters. The van der Waals surface area contributed by atoms with Gasteiger partial charge in [-0.15, -0.1) is 0 Å². The number of hydrogen-bond acceptors (Lipinski definition) is 5. The molecular weight excluding hydrogens is 402 g/mol. The topological polar surface area (TPSA) is 158 Å². The predicted octanol–water partition coefficient (Wildman–Crippen LogP) is -0.266. The zero-order valence-electron chi connectivity index (χ0n) is 17.3. The van der Waals surface area contributed by atoms with E-state index in [0.29, 0.717) is 19.4 Å². The number of aromatic nitrogens is 1. The van der Waals surface area contributed by atoms with E-state index in [2.05, 4.69) is 15.6 Å². The molecule has 1 saturated heterocycles. The van der Waals surface area contributed by atoms with E-state index in [1.807, 2.05) is 24.3 Å². The molecule has 31 heavy (non-hydrogen) atoms. The Labute approximate surface area is 179 Å². The molecule has 1 aromatic carbocycles. The van der Waals surface area contributed by atoms with Crippen molar-refractivity contribution in [2.75, 3.05) is 13.1 Å². The lowest BCUT2D eigenvalue weighted by Crippen LogP contribution is -2.56. The fourth-order valence-electron chi connectivity index (χ4n) is 3.87. The Kier molecular flexibility index (Phi) is 6.91. The highest BCUT2D eigenvalue weighted by Gasteiger charge is 2.38. The quantitative estimate of drug-likeness (QED) is 0.389. The maximum absolute atomic E-state index is 13.3. The summed E-state index contributed by atoms with van der Waals surface area (Å²) >= 11 is 0. The summed E-state index contributed by atoms with van der Waals surface area (Å²) in [6.07, 6.45) is 2.90. The number of nitrogens with two attached hydrogens (primary N) is 1. The second-order valence-corrected chi connectivity index (χ2v) is 7.65. The molecule has 1 fully saturated rings. The van der Waals surface area contributed by atoms with Gasteiger partial charge in [0, 0.05) is 30.1 Å². The minimum atomic E-state index is -1.06. The van der Waals surface area contributed by atoms with Gasteiger partial charge in [0.25, 0.3) is 0 Å². The number of carboxylic acid groups (broad SMARTS) is 1. The summed E-state index contributed by atoms with van der Waals surface area (Å²) in [5, 5.41) is 15.5. The van der Waals surface area contributed by atoms with Gasteiger partial charge in [0.2, 0.25) is 17.7 Å². The first-order chi connectivity index (χ1) is 14.8. The number of carbonyl (C=O) groups excluding carboxylic acids is 3. The number of rotatable bonds is 8. The van der Waals surface area contributed by atoms with Gasteiger partial charge in [-0.05, 0) is 31.4 Å². The number of fused-ring (bicyclic) bond motifs is 1. The van der Waals surface area contributed by atoms with E-state index >= 15 is 0 Å². The van der Waals surface area contributed by atoms with Gasteiger partial charge < -0.3 is 31.4 Å². The Morgan fingerprint density at radius 2 is 2.00 bits per heavy atom. The number of carbonyl (C=O) groups is 4. The van der Waals surface area contributed by atoms with Gasteiger partial charge >= 0.3 is 5.97 Å². The van der Waals surface area contributed by atoms with Crippen LogP contribution in [0, 0.1) is 0 Å². The molecule has 166 valence electrons. The first-order valence-corrected chi connectivity index (χ1v) is 10.2. The predicted molar refractivity (Wildman–Crippen MR) is 113 cm³/mol. The van der Waals surface area contributed by atoms with Crippen LogP contribution < -0.4 is 16.4 Å². The maximum Gasteiger partial charge on any atom is 0.326 e. The van der Waals surface area contributed by atoms with Crippen LogP contribution in [0.15, 0.2) is 30.5 Å². The summed E-state index contributed by atoms with van der Waals surface area (Å²) in [7, 11) is 0. The zero-order chi connectivity index (χ0) is 22.5. The molecule has 3 rings (SSSR count). The maximum atomic E-state index is 13.3. The molecule has 6 N–H and O–H groups in total. The molecule has 2 aromatic rings. The average molecular weight is 429 g/mol. The third-order valence-corrected chi connectivity index (χ3v) is 5.49. The fraction of sp³-hybridized carbons (Fsp3) is 0.429. The fourth-order valence-corrected chi connectivity index (χ4v) is 3.87. The molecule has 0 aliphatic carbocycles. The molecule has 0 spiro atoms.